The van der Waals surface area contributed by atoms with Gasteiger partial charge >= 0.3 is 0 Å². The molecule has 0 radical (unpaired) electrons. The molecule has 2 heteroatoms. The van der Waals surface area contributed by atoms with Crippen molar-refractivity contribution in [1.29, 1.82) is 0 Å². The number of aryl methyl sites for hydroxylation is 3. The van der Waals surface area contributed by atoms with Crippen LogP contribution in [0.4, 0.5) is 0 Å². The standard InChI is InChI=1S/C18H17NS/c1-12-5-4-6-15(9-12)7-8-18-19-16-10-13(2)14(3)11-17(16)20-18/h4-11H,1-3H3. The molecule has 0 bridgehead atoms. The smallest absolute Gasteiger partial charge is 0.117 e. The zero-order valence-corrected chi connectivity index (χ0v) is 12.8. The molecule has 0 saturated heterocycles. The fourth-order valence-electron chi connectivity index (χ4n) is 2.21. The lowest BCUT2D eigenvalue weighted by atomic mass is 10.1. The number of benzene rings is 2. The Labute approximate surface area is 123 Å². The van der Waals surface area contributed by atoms with Gasteiger partial charge in [0.05, 0.1) is 10.2 Å². The maximum atomic E-state index is 4.68. The first-order chi connectivity index (χ1) is 9.61. The van der Waals surface area contributed by atoms with Crippen LogP contribution in [0.25, 0.3) is 22.4 Å². The first-order valence-electron chi connectivity index (χ1n) is 6.74. The van der Waals surface area contributed by atoms with Crippen LogP contribution in [-0.2, 0) is 0 Å². The van der Waals surface area contributed by atoms with Gasteiger partial charge in [-0.3, -0.25) is 0 Å². The van der Waals surface area contributed by atoms with Crippen LogP contribution in [0.5, 0.6) is 0 Å². The van der Waals surface area contributed by atoms with E-state index < -0.39 is 0 Å². The van der Waals surface area contributed by atoms with Crippen molar-refractivity contribution in [2.24, 2.45) is 0 Å². The Kier molecular flexibility index (Phi) is 3.41. The van der Waals surface area contributed by atoms with Crippen LogP contribution in [0.1, 0.15) is 27.3 Å². The van der Waals surface area contributed by atoms with Gasteiger partial charge in [-0.05, 0) is 55.7 Å². The molecular weight excluding hydrogens is 262 g/mol. The van der Waals surface area contributed by atoms with E-state index in [9.17, 15) is 0 Å². The molecule has 0 aliphatic heterocycles. The third kappa shape index (κ3) is 2.66. The largest absolute Gasteiger partial charge is 0.237 e. The van der Waals surface area contributed by atoms with Gasteiger partial charge in [0.15, 0.2) is 0 Å². The van der Waals surface area contributed by atoms with Crippen molar-refractivity contribution < 1.29 is 0 Å². The zero-order valence-electron chi connectivity index (χ0n) is 12.0. The number of rotatable bonds is 2. The first-order valence-corrected chi connectivity index (χ1v) is 7.56. The molecule has 0 spiro atoms. The van der Waals surface area contributed by atoms with Crippen LogP contribution in [0.3, 0.4) is 0 Å². The van der Waals surface area contributed by atoms with Crippen LogP contribution in [0.2, 0.25) is 0 Å². The average molecular weight is 279 g/mol. The highest BCUT2D eigenvalue weighted by Crippen LogP contribution is 2.26. The summed E-state index contributed by atoms with van der Waals surface area (Å²) in [5.41, 5.74) is 6.23. The number of nitrogens with zero attached hydrogens (tertiary/aromatic N) is 1. The number of hydrogen-bond donors (Lipinski definition) is 0. The second-order valence-electron chi connectivity index (χ2n) is 5.20. The molecule has 1 nitrogen and oxygen atoms in total. The highest BCUT2D eigenvalue weighted by Gasteiger charge is 2.03. The lowest BCUT2D eigenvalue weighted by Crippen LogP contribution is -1.79. The molecular formula is C18H17NS. The van der Waals surface area contributed by atoms with Crippen LogP contribution < -0.4 is 0 Å². The van der Waals surface area contributed by atoms with Crippen molar-refractivity contribution in [2.75, 3.05) is 0 Å². The van der Waals surface area contributed by atoms with E-state index in [2.05, 4.69) is 74.3 Å². The van der Waals surface area contributed by atoms with E-state index in [0.29, 0.717) is 0 Å². The normalized spacial score (nSPS) is 11.6. The summed E-state index contributed by atoms with van der Waals surface area (Å²) < 4.78 is 1.26. The highest BCUT2D eigenvalue weighted by molar-refractivity contribution is 7.19. The SMILES string of the molecule is Cc1cccc(C=Cc2nc3cc(C)c(C)cc3s2)c1. The highest BCUT2D eigenvalue weighted by atomic mass is 32.1. The third-order valence-electron chi connectivity index (χ3n) is 3.48. The molecule has 0 fully saturated rings. The van der Waals surface area contributed by atoms with Gasteiger partial charge in [0.2, 0.25) is 0 Å². The fraction of sp³-hybridized carbons (Fsp3) is 0.167. The lowest BCUT2D eigenvalue weighted by molar-refractivity contribution is 1.35. The van der Waals surface area contributed by atoms with Crippen LogP contribution in [0.15, 0.2) is 36.4 Å². The average Bonchev–Trinajstić information content (AvgIpc) is 2.79. The van der Waals surface area contributed by atoms with Gasteiger partial charge in [-0.2, -0.15) is 0 Å². The molecule has 0 amide bonds. The summed E-state index contributed by atoms with van der Waals surface area (Å²) in [5, 5.41) is 1.06. The summed E-state index contributed by atoms with van der Waals surface area (Å²) in [4.78, 5) is 4.68. The zero-order chi connectivity index (χ0) is 14.1. The van der Waals surface area contributed by atoms with Crippen molar-refractivity contribution in [1.82, 2.24) is 4.98 Å². The Morgan fingerprint density at radius 3 is 2.55 bits per heavy atom. The summed E-state index contributed by atoms with van der Waals surface area (Å²) in [6.07, 6.45) is 4.23. The van der Waals surface area contributed by atoms with Crippen molar-refractivity contribution in [3.63, 3.8) is 0 Å². The molecule has 1 heterocycles. The Morgan fingerprint density at radius 1 is 0.950 bits per heavy atom. The van der Waals surface area contributed by atoms with Gasteiger partial charge in [-0.25, -0.2) is 4.98 Å². The monoisotopic (exact) mass is 279 g/mol. The second-order valence-corrected chi connectivity index (χ2v) is 6.27. The van der Waals surface area contributed by atoms with Crippen LogP contribution in [-0.4, -0.2) is 4.98 Å². The summed E-state index contributed by atoms with van der Waals surface area (Å²) >= 11 is 1.75. The third-order valence-corrected chi connectivity index (χ3v) is 4.46. The summed E-state index contributed by atoms with van der Waals surface area (Å²) in [6, 6.07) is 12.9. The van der Waals surface area contributed by atoms with E-state index in [0.717, 1.165) is 10.5 Å². The van der Waals surface area contributed by atoms with Crippen molar-refractivity contribution >= 4 is 33.7 Å². The molecule has 0 aliphatic rings. The van der Waals surface area contributed by atoms with Crippen LogP contribution >= 0.6 is 11.3 Å². The van der Waals surface area contributed by atoms with Gasteiger partial charge in [0, 0.05) is 0 Å². The summed E-state index contributed by atoms with van der Waals surface area (Å²) in [5.74, 6) is 0. The predicted molar refractivity (Wildman–Crippen MR) is 89.2 cm³/mol. The molecule has 0 saturated carbocycles. The quantitative estimate of drug-likeness (QED) is 0.612. The molecule has 0 unspecified atom stereocenters. The topological polar surface area (TPSA) is 12.9 Å². The Balaban J connectivity index is 1.95. The molecule has 0 N–H and O–H groups in total. The minimum atomic E-state index is 1.06. The maximum Gasteiger partial charge on any atom is 0.117 e. The lowest BCUT2D eigenvalue weighted by Gasteiger charge is -1.96. The van der Waals surface area contributed by atoms with Gasteiger partial charge in [0.25, 0.3) is 0 Å². The van der Waals surface area contributed by atoms with Gasteiger partial charge in [-0.1, -0.05) is 35.9 Å². The molecule has 1 aromatic heterocycles. The Hall–Kier alpha value is -1.93. The molecule has 100 valence electrons. The van der Waals surface area contributed by atoms with E-state index in [1.165, 1.54) is 27.0 Å². The summed E-state index contributed by atoms with van der Waals surface area (Å²) in [7, 11) is 0. The molecule has 3 rings (SSSR count). The van der Waals surface area contributed by atoms with E-state index in [-0.39, 0.29) is 0 Å². The second kappa shape index (κ2) is 5.22. The molecule has 2 aromatic carbocycles. The maximum absolute atomic E-state index is 4.68. The van der Waals surface area contributed by atoms with Gasteiger partial charge in [0.1, 0.15) is 5.01 Å². The van der Waals surface area contributed by atoms with Crippen molar-refractivity contribution in [3.05, 3.63) is 63.7 Å². The van der Waals surface area contributed by atoms with E-state index in [4.69, 9.17) is 0 Å². The Bertz CT molecular complexity index is 757. The number of fused-ring (bicyclic) bond motifs is 1. The number of thiazole rings is 1. The van der Waals surface area contributed by atoms with E-state index >= 15 is 0 Å². The van der Waals surface area contributed by atoms with Crippen molar-refractivity contribution in [3.8, 4) is 0 Å². The van der Waals surface area contributed by atoms with Gasteiger partial charge in [-0.15, -0.1) is 11.3 Å². The van der Waals surface area contributed by atoms with E-state index in [1.54, 1.807) is 11.3 Å². The van der Waals surface area contributed by atoms with E-state index in [1.807, 2.05) is 0 Å². The Morgan fingerprint density at radius 2 is 1.75 bits per heavy atom. The minimum Gasteiger partial charge on any atom is -0.237 e. The predicted octanol–water partition coefficient (Wildman–Crippen LogP) is 5.39. The minimum absolute atomic E-state index is 1.06. The summed E-state index contributed by atoms with van der Waals surface area (Å²) in [6.45, 7) is 6.40. The molecule has 3 aromatic rings. The van der Waals surface area contributed by atoms with Crippen molar-refractivity contribution in [2.45, 2.75) is 20.8 Å². The van der Waals surface area contributed by atoms with Crippen LogP contribution in [0, 0.1) is 20.8 Å². The molecule has 20 heavy (non-hydrogen) atoms. The first kappa shape index (κ1) is 13.1. The molecule has 0 aliphatic carbocycles. The number of aromatic nitrogens is 1. The fourth-order valence-corrected chi connectivity index (χ4v) is 3.16. The number of hydrogen-bond acceptors (Lipinski definition) is 2. The molecule has 0 atom stereocenters. The van der Waals surface area contributed by atoms with Gasteiger partial charge < -0.3 is 0 Å².